The van der Waals surface area contributed by atoms with E-state index in [1.807, 2.05) is 18.2 Å². The van der Waals surface area contributed by atoms with Crippen LogP contribution < -0.4 is 4.74 Å². The second kappa shape index (κ2) is 4.90. The van der Waals surface area contributed by atoms with Crippen molar-refractivity contribution in [2.75, 3.05) is 13.1 Å². The highest BCUT2D eigenvalue weighted by Crippen LogP contribution is 2.44. The molecule has 2 unspecified atom stereocenters. The van der Waals surface area contributed by atoms with Gasteiger partial charge in [-0.25, -0.2) is 4.98 Å². The van der Waals surface area contributed by atoms with E-state index in [2.05, 4.69) is 41.9 Å². The molecule has 3 aliphatic rings. The summed E-state index contributed by atoms with van der Waals surface area (Å²) in [6, 6.07) is 12.3. The molecule has 120 valence electrons. The van der Waals surface area contributed by atoms with E-state index in [0.717, 1.165) is 41.6 Å². The Morgan fingerprint density at radius 1 is 1.17 bits per heavy atom. The molecule has 1 aromatic carbocycles. The van der Waals surface area contributed by atoms with Crippen molar-refractivity contribution in [3.05, 3.63) is 47.5 Å². The number of hydrogen-bond acceptors (Lipinski definition) is 5. The van der Waals surface area contributed by atoms with Crippen LogP contribution in [0, 0.1) is 6.92 Å². The van der Waals surface area contributed by atoms with Crippen molar-refractivity contribution in [3.8, 4) is 17.1 Å². The number of rotatable bonds is 1. The smallest absolute Gasteiger partial charge is 0.220 e. The van der Waals surface area contributed by atoms with E-state index in [4.69, 9.17) is 14.7 Å². The van der Waals surface area contributed by atoms with Crippen LogP contribution in [0.5, 0.6) is 5.88 Å². The summed E-state index contributed by atoms with van der Waals surface area (Å²) in [4.78, 5) is 16.5. The van der Waals surface area contributed by atoms with E-state index in [1.165, 1.54) is 5.56 Å². The van der Waals surface area contributed by atoms with Gasteiger partial charge in [0.05, 0.1) is 12.2 Å². The predicted octanol–water partition coefficient (Wildman–Crippen LogP) is 3.01. The van der Waals surface area contributed by atoms with Gasteiger partial charge in [0.1, 0.15) is 17.7 Å². The molecule has 2 atom stereocenters. The molecular weight excluding hydrogens is 300 g/mol. The van der Waals surface area contributed by atoms with Crippen molar-refractivity contribution in [1.82, 2.24) is 9.88 Å². The van der Waals surface area contributed by atoms with Crippen LogP contribution in [0.15, 0.2) is 46.4 Å². The molecule has 0 bridgehead atoms. The fourth-order valence-corrected chi connectivity index (χ4v) is 3.83. The summed E-state index contributed by atoms with van der Waals surface area (Å²) in [5.74, 6) is 2.73. The molecule has 5 nitrogen and oxygen atoms in total. The Morgan fingerprint density at radius 2 is 2.00 bits per heavy atom. The average molecular weight is 318 g/mol. The predicted molar refractivity (Wildman–Crippen MR) is 93.7 cm³/mol. The van der Waals surface area contributed by atoms with Crippen LogP contribution in [0.4, 0.5) is 0 Å². The Balaban J connectivity index is 1.63. The average Bonchev–Trinajstić information content (AvgIpc) is 3.20. The minimum absolute atomic E-state index is 0.0228. The monoisotopic (exact) mass is 318 g/mol. The summed E-state index contributed by atoms with van der Waals surface area (Å²) < 4.78 is 6.23. The van der Waals surface area contributed by atoms with Gasteiger partial charge in [0, 0.05) is 17.7 Å². The van der Waals surface area contributed by atoms with Crippen LogP contribution in [0.25, 0.3) is 11.3 Å². The molecule has 4 heterocycles. The summed E-state index contributed by atoms with van der Waals surface area (Å²) >= 11 is 0. The zero-order valence-electron chi connectivity index (χ0n) is 13.7. The van der Waals surface area contributed by atoms with Gasteiger partial charge in [-0.3, -0.25) is 9.98 Å². The van der Waals surface area contributed by atoms with Crippen LogP contribution in [-0.4, -0.2) is 40.7 Å². The third-order valence-corrected chi connectivity index (χ3v) is 4.97. The van der Waals surface area contributed by atoms with Crippen molar-refractivity contribution in [2.45, 2.75) is 26.0 Å². The van der Waals surface area contributed by atoms with Crippen molar-refractivity contribution >= 4 is 11.7 Å². The summed E-state index contributed by atoms with van der Waals surface area (Å²) in [5.41, 5.74) is 4.32. The second-order valence-corrected chi connectivity index (χ2v) is 6.46. The van der Waals surface area contributed by atoms with Crippen LogP contribution in [0.1, 0.15) is 24.1 Å². The van der Waals surface area contributed by atoms with Crippen LogP contribution >= 0.6 is 0 Å². The van der Waals surface area contributed by atoms with Crippen molar-refractivity contribution in [1.29, 1.82) is 0 Å². The lowest BCUT2D eigenvalue weighted by Crippen LogP contribution is -2.46. The van der Waals surface area contributed by atoms with Gasteiger partial charge in [-0.1, -0.05) is 30.3 Å². The summed E-state index contributed by atoms with van der Waals surface area (Å²) in [6.45, 7) is 5.88. The maximum Gasteiger partial charge on any atom is 0.220 e. The second-order valence-electron chi connectivity index (χ2n) is 6.46. The number of ether oxygens (including phenoxy) is 1. The largest absolute Gasteiger partial charge is 0.463 e. The molecule has 1 aromatic heterocycles. The first kappa shape index (κ1) is 13.7. The highest BCUT2D eigenvalue weighted by molar-refractivity contribution is 6.06. The third kappa shape index (κ3) is 1.84. The summed E-state index contributed by atoms with van der Waals surface area (Å²) in [6.07, 6.45) is -0.136. The third-order valence-electron chi connectivity index (χ3n) is 4.97. The lowest BCUT2D eigenvalue weighted by molar-refractivity contribution is 0.251. The Bertz CT molecular complexity index is 888. The van der Waals surface area contributed by atoms with Gasteiger partial charge in [0.2, 0.25) is 5.88 Å². The van der Waals surface area contributed by atoms with Crippen LogP contribution in [-0.2, 0) is 0 Å². The topological polar surface area (TPSA) is 50.1 Å². The van der Waals surface area contributed by atoms with Crippen molar-refractivity contribution in [2.24, 2.45) is 9.98 Å². The van der Waals surface area contributed by atoms with Crippen molar-refractivity contribution < 1.29 is 4.74 Å². The summed E-state index contributed by atoms with van der Waals surface area (Å²) in [5, 5.41) is 0. The van der Waals surface area contributed by atoms with Crippen LogP contribution in [0.3, 0.4) is 0 Å². The number of hydrogen-bond donors (Lipinski definition) is 0. The standard InChI is InChI=1S/C19H18N4O/c1-11-10-14(13-6-4-3-5-7-13)22-19-15(11)16-17(24-19)18-20-8-9-23(18)12(2)21-16/h3-7,10,16-17H,8-9H2,1-2H3. The molecule has 3 aliphatic heterocycles. The molecule has 0 aliphatic carbocycles. The van der Waals surface area contributed by atoms with E-state index in [-0.39, 0.29) is 12.1 Å². The Kier molecular flexibility index (Phi) is 2.80. The minimum Gasteiger partial charge on any atom is -0.463 e. The summed E-state index contributed by atoms with van der Waals surface area (Å²) in [7, 11) is 0. The number of aromatic nitrogens is 1. The number of nitrogens with zero attached hydrogens (tertiary/aromatic N) is 4. The van der Waals surface area contributed by atoms with Gasteiger partial charge in [0.25, 0.3) is 0 Å². The SMILES string of the molecule is CC1=NC2c3c(C)cc(-c4ccccc4)nc3OC2C2=NCCN12. The molecule has 0 N–H and O–H groups in total. The minimum atomic E-state index is -0.136. The van der Waals surface area contributed by atoms with Crippen molar-refractivity contribution in [3.63, 3.8) is 0 Å². The number of benzene rings is 1. The molecule has 5 heteroatoms. The number of fused-ring (bicyclic) bond motifs is 5. The molecule has 5 rings (SSSR count). The van der Waals surface area contributed by atoms with E-state index in [1.54, 1.807) is 0 Å². The van der Waals surface area contributed by atoms with Gasteiger partial charge in [-0.05, 0) is 25.5 Å². The normalized spacial score (nSPS) is 23.8. The van der Waals surface area contributed by atoms with Gasteiger partial charge < -0.3 is 9.64 Å². The number of pyridine rings is 1. The zero-order valence-corrected chi connectivity index (χ0v) is 13.7. The van der Waals surface area contributed by atoms with Crippen LogP contribution in [0.2, 0.25) is 0 Å². The van der Waals surface area contributed by atoms with E-state index < -0.39 is 0 Å². The number of aryl methyl sites for hydroxylation is 1. The Morgan fingerprint density at radius 3 is 2.83 bits per heavy atom. The highest BCUT2D eigenvalue weighted by Gasteiger charge is 2.46. The molecule has 24 heavy (non-hydrogen) atoms. The van der Waals surface area contributed by atoms with E-state index in [9.17, 15) is 0 Å². The van der Waals surface area contributed by atoms with Gasteiger partial charge in [0.15, 0.2) is 6.10 Å². The lowest BCUT2D eigenvalue weighted by atomic mass is 9.97. The molecule has 2 aromatic rings. The first-order valence-electron chi connectivity index (χ1n) is 8.32. The van der Waals surface area contributed by atoms with E-state index >= 15 is 0 Å². The first-order valence-corrected chi connectivity index (χ1v) is 8.32. The lowest BCUT2D eigenvalue weighted by Gasteiger charge is -2.30. The fourth-order valence-electron chi connectivity index (χ4n) is 3.83. The van der Waals surface area contributed by atoms with Gasteiger partial charge in [-0.15, -0.1) is 0 Å². The van der Waals surface area contributed by atoms with Gasteiger partial charge in [-0.2, -0.15) is 0 Å². The zero-order chi connectivity index (χ0) is 16.3. The maximum atomic E-state index is 6.23. The first-order chi connectivity index (χ1) is 11.7. The fraction of sp³-hybridized carbons (Fsp3) is 0.316. The highest BCUT2D eigenvalue weighted by atomic mass is 16.5. The Labute approximate surface area is 140 Å². The number of aliphatic imine (C=N–C) groups is 2. The molecule has 0 saturated carbocycles. The molecule has 0 amide bonds. The Hall–Kier alpha value is -2.69. The molecular formula is C19H18N4O. The molecule has 0 saturated heterocycles. The maximum absolute atomic E-state index is 6.23. The number of amidine groups is 2. The molecule has 0 fully saturated rings. The molecule has 0 radical (unpaired) electrons. The quantitative estimate of drug-likeness (QED) is 0.812. The molecule has 0 spiro atoms. The van der Waals surface area contributed by atoms with Gasteiger partial charge >= 0.3 is 0 Å². The van der Waals surface area contributed by atoms with E-state index in [0.29, 0.717) is 5.88 Å².